The van der Waals surface area contributed by atoms with Gasteiger partial charge in [-0.3, -0.25) is 30.0 Å². The molecule has 4 aliphatic heterocycles. The highest BCUT2D eigenvalue weighted by molar-refractivity contribution is 5.92. The normalized spacial score (nSPS) is 15.2. The quantitative estimate of drug-likeness (QED) is 0.349. The van der Waals surface area contributed by atoms with Crippen molar-refractivity contribution in [2.24, 2.45) is 30.0 Å². The van der Waals surface area contributed by atoms with E-state index in [2.05, 4.69) is 30.0 Å². The van der Waals surface area contributed by atoms with E-state index >= 15 is 0 Å². The van der Waals surface area contributed by atoms with Crippen LogP contribution in [0.4, 0.5) is 0 Å². The van der Waals surface area contributed by atoms with Crippen LogP contribution in [0.25, 0.3) is 0 Å². The number of fused-ring (bicyclic) bond motifs is 2. The van der Waals surface area contributed by atoms with Crippen molar-refractivity contribution in [3.8, 4) is 34.5 Å². The Balaban J connectivity index is 1.49. The maximum atomic E-state index is 12.4. The summed E-state index contributed by atoms with van der Waals surface area (Å²) in [5, 5.41) is 74.7. The van der Waals surface area contributed by atoms with Crippen molar-refractivity contribution in [2.75, 3.05) is 39.3 Å². The van der Waals surface area contributed by atoms with E-state index in [1.807, 2.05) is 0 Å². The average Bonchev–Trinajstić information content (AvgIpc) is 3.03. The summed E-state index contributed by atoms with van der Waals surface area (Å²) in [4.78, 5) is 25.1. The lowest BCUT2D eigenvalue weighted by Gasteiger charge is -2.23. The summed E-state index contributed by atoms with van der Waals surface area (Å²) >= 11 is 0. The minimum Gasteiger partial charge on any atom is -0.872 e. The molecule has 0 saturated carbocycles. The Bertz CT molecular complexity index is 1350. The number of hydrogen-bond acceptors (Lipinski definition) is 12. The molecule has 0 amide bonds. The van der Waals surface area contributed by atoms with Gasteiger partial charge in [-0.15, -0.1) is 34.5 Å². The van der Waals surface area contributed by atoms with Gasteiger partial charge in [-0.2, -0.15) is 0 Å². The van der Waals surface area contributed by atoms with Gasteiger partial charge in [-0.05, 0) is 52.6 Å². The van der Waals surface area contributed by atoms with Gasteiger partial charge >= 0.3 is 0 Å². The number of nitrogens with zero attached hydrogens (tertiary/aromatic N) is 6. The van der Waals surface area contributed by atoms with E-state index in [-0.39, 0.29) is 33.4 Å². The van der Waals surface area contributed by atoms with E-state index in [4.69, 9.17) is 0 Å². The van der Waals surface area contributed by atoms with Crippen molar-refractivity contribution in [3.63, 3.8) is 0 Å². The van der Waals surface area contributed by atoms with Crippen molar-refractivity contribution in [3.05, 3.63) is 69.8 Å². The molecule has 0 aliphatic carbocycles. The Morgan fingerprint density at radius 1 is 0.289 bits per heavy atom. The van der Waals surface area contributed by atoms with E-state index in [0.29, 0.717) is 58.5 Å². The molecule has 0 N–H and O–H groups in total. The van der Waals surface area contributed by atoms with Crippen LogP contribution in [0.5, 0.6) is 34.5 Å². The van der Waals surface area contributed by atoms with Crippen LogP contribution in [-0.2, 0) is 0 Å². The molecule has 3 aromatic carbocycles. The molecule has 0 atom stereocenters. The first-order valence-electron chi connectivity index (χ1n) is 14.4. The van der Waals surface area contributed by atoms with Crippen LogP contribution >= 0.6 is 0 Å². The van der Waals surface area contributed by atoms with Gasteiger partial charge in [0.15, 0.2) is 0 Å². The lowest BCUT2D eigenvalue weighted by atomic mass is 10.1. The first kappa shape index (κ1) is 32.4. The van der Waals surface area contributed by atoms with Crippen LogP contribution in [0.2, 0.25) is 0 Å². The van der Waals surface area contributed by atoms with E-state index < -0.39 is 34.5 Å². The fourth-order valence-electron chi connectivity index (χ4n) is 4.13. The van der Waals surface area contributed by atoms with Gasteiger partial charge in [0.25, 0.3) is 0 Å². The van der Waals surface area contributed by atoms with Crippen LogP contribution in [-0.4, -0.2) is 76.6 Å². The number of rotatable bonds is 0. The summed E-state index contributed by atoms with van der Waals surface area (Å²) in [6.07, 6.45) is 9.65. The minimum absolute atomic E-state index is 0.165. The molecule has 6 bridgehead atoms. The second-order valence-corrected chi connectivity index (χ2v) is 9.98. The molecule has 4 aliphatic rings. The molecule has 7 rings (SSSR count). The van der Waals surface area contributed by atoms with E-state index in [9.17, 15) is 30.6 Å². The van der Waals surface area contributed by atoms with Crippen LogP contribution in [0.15, 0.2) is 66.4 Å². The maximum Gasteiger partial charge on any atom is 0.0407 e. The first-order valence-corrected chi connectivity index (χ1v) is 14.4. The second-order valence-electron chi connectivity index (χ2n) is 9.98. The highest BCUT2D eigenvalue weighted by atomic mass is 16.3. The summed E-state index contributed by atoms with van der Waals surface area (Å²) in [6.45, 7) is 2.05. The lowest BCUT2D eigenvalue weighted by molar-refractivity contribution is -0.317. The Kier molecular flexibility index (Phi) is 11.8. The molecule has 0 radical (unpaired) electrons. The largest absolute Gasteiger partial charge is 0.872 e. The standard InChI is InChI=1S/C33H36N6O6/c40-28-22-4-6-24(30(28)42)18-36-12-2-14-38-20-26-8-9-27(33(45)32(26)44)21-39-15-3-13-37-19-25-7-5-23(29(41)31(25)43)17-35-11-1-10-34-16-22/h4-9,16-21,40-45H,1-3,10-15H2/p-6. The predicted octanol–water partition coefficient (Wildman–Crippen LogP) is 0.226. The Morgan fingerprint density at radius 3 is 0.600 bits per heavy atom. The van der Waals surface area contributed by atoms with Crippen molar-refractivity contribution in [1.29, 1.82) is 0 Å². The summed E-state index contributed by atoms with van der Waals surface area (Å²) < 4.78 is 0. The van der Waals surface area contributed by atoms with Crippen molar-refractivity contribution >= 4 is 37.3 Å². The Hall–Kier alpha value is -5.52. The first-order chi connectivity index (χ1) is 21.9. The van der Waals surface area contributed by atoms with Gasteiger partial charge in [0, 0.05) is 76.6 Å². The lowest BCUT2D eigenvalue weighted by Crippen LogP contribution is -2.07. The molecule has 45 heavy (non-hydrogen) atoms. The zero-order chi connectivity index (χ0) is 32.0. The van der Waals surface area contributed by atoms with Gasteiger partial charge in [0.2, 0.25) is 0 Å². The number of hydrogen-bond donors (Lipinski definition) is 0. The van der Waals surface area contributed by atoms with Crippen LogP contribution in [0.3, 0.4) is 0 Å². The smallest absolute Gasteiger partial charge is 0.0407 e. The summed E-state index contributed by atoms with van der Waals surface area (Å²) in [6, 6.07) is 9.05. The van der Waals surface area contributed by atoms with E-state index in [1.165, 1.54) is 73.7 Å². The average molecular weight is 607 g/mol. The van der Waals surface area contributed by atoms with Crippen LogP contribution in [0.1, 0.15) is 52.6 Å². The van der Waals surface area contributed by atoms with Crippen molar-refractivity contribution in [2.45, 2.75) is 19.3 Å². The molecule has 0 spiro atoms. The summed E-state index contributed by atoms with van der Waals surface area (Å²) in [5.41, 5.74) is 0.992. The zero-order valence-corrected chi connectivity index (χ0v) is 24.4. The monoisotopic (exact) mass is 606 g/mol. The molecule has 0 aromatic heterocycles. The maximum absolute atomic E-state index is 12.4. The second kappa shape index (κ2) is 16.4. The van der Waals surface area contributed by atoms with Crippen molar-refractivity contribution < 1.29 is 30.6 Å². The molecule has 3 aromatic rings. The number of benzene rings is 3. The topological polar surface area (TPSA) is 213 Å². The Morgan fingerprint density at radius 2 is 0.444 bits per heavy atom. The molecular weight excluding hydrogens is 576 g/mol. The van der Waals surface area contributed by atoms with Gasteiger partial charge < -0.3 is 30.6 Å². The molecule has 0 unspecified atom stereocenters. The third kappa shape index (κ3) is 8.99. The molecule has 12 nitrogen and oxygen atoms in total. The summed E-state index contributed by atoms with van der Waals surface area (Å²) in [5.74, 6) is -4.08. The highest BCUT2D eigenvalue weighted by Gasteiger charge is 1.99. The molecule has 234 valence electrons. The molecule has 4 heterocycles. The SMILES string of the molecule is [O-]c1c2ccc(c1[O-])C=NCCCN=Cc1ccc(c([O-])c1[O-])C=NCCCN=Cc1ccc(c([O-])c1[O-])C=NCCCN=C2. The van der Waals surface area contributed by atoms with Gasteiger partial charge in [-0.1, -0.05) is 36.4 Å². The third-order valence-corrected chi connectivity index (χ3v) is 6.62. The van der Waals surface area contributed by atoms with Gasteiger partial charge in [0.1, 0.15) is 0 Å². The number of aliphatic imine (C=N–C) groups is 6. The van der Waals surface area contributed by atoms with Gasteiger partial charge in [-0.25, -0.2) is 0 Å². The highest BCUT2D eigenvalue weighted by Crippen LogP contribution is 2.27. The molecule has 0 saturated heterocycles. The molecular formula is C33H30N6O6-6. The molecule has 12 heteroatoms. The fraction of sp³-hybridized carbons (Fsp3) is 0.273. The van der Waals surface area contributed by atoms with E-state index in [1.54, 1.807) is 0 Å². The zero-order valence-electron chi connectivity index (χ0n) is 24.4. The van der Waals surface area contributed by atoms with Crippen LogP contribution < -0.4 is 30.6 Å². The fourth-order valence-corrected chi connectivity index (χ4v) is 4.13. The summed E-state index contributed by atoms with van der Waals surface area (Å²) in [7, 11) is 0. The van der Waals surface area contributed by atoms with Crippen molar-refractivity contribution in [1.82, 2.24) is 0 Å². The third-order valence-electron chi connectivity index (χ3n) is 6.62. The van der Waals surface area contributed by atoms with Gasteiger partial charge in [0.05, 0.1) is 0 Å². The minimum atomic E-state index is -0.680. The predicted molar refractivity (Wildman–Crippen MR) is 165 cm³/mol. The molecule has 0 fully saturated rings. The van der Waals surface area contributed by atoms with Crippen LogP contribution in [0, 0.1) is 0 Å². The Labute approximate surface area is 260 Å². The van der Waals surface area contributed by atoms with E-state index in [0.717, 1.165) is 0 Å².